The third kappa shape index (κ3) is 2.93. The summed E-state index contributed by atoms with van der Waals surface area (Å²) < 4.78 is 4.03. The minimum absolute atomic E-state index is 0.148. The Bertz CT molecular complexity index is 540. The number of rotatable bonds is 7. The fourth-order valence-corrected chi connectivity index (χ4v) is 2.49. The molecule has 2 rings (SSSR count). The van der Waals surface area contributed by atoms with Crippen LogP contribution in [0.5, 0.6) is 0 Å². The first-order chi connectivity index (χ1) is 9.71. The highest BCUT2D eigenvalue weighted by Crippen LogP contribution is 2.22. The van der Waals surface area contributed by atoms with Crippen molar-refractivity contribution in [2.45, 2.75) is 46.2 Å². The van der Waals surface area contributed by atoms with Crippen molar-refractivity contribution >= 4 is 0 Å². The van der Waals surface area contributed by atoms with Crippen LogP contribution in [0.15, 0.2) is 18.3 Å². The van der Waals surface area contributed by atoms with Crippen LogP contribution < -0.4 is 5.32 Å². The van der Waals surface area contributed by atoms with E-state index in [1.165, 1.54) is 11.4 Å². The Labute approximate surface area is 121 Å². The molecule has 0 bridgehead atoms. The topological polar surface area (TPSA) is 47.7 Å². The van der Waals surface area contributed by atoms with E-state index in [1.54, 1.807) is 0 Å². The Morgan fingerprint density at radius 2 is 2.05 bits per heavy atom. The molecule has 1 N–H and O–H groups in total. The summed E-state index contributed by atoms with van der Waals surface area (Å²) in [5, 5.41) is 12.6. The molecule has 110 valence electrons. The van der Waals surface area contributed by atoms with Gasteiger partial charge in [0, 0.05) is 19.8 Å². The lowest BCUT2D eigenvalue weighted by Crippen LogP contribution is -2.27. The number of aryl methyl sites for hydroxylation is 3. The van der Waals surface area contributed by atoms with Crippen LogP contribution in [0.1, 0.15) is 50.3 Å². The van der Waals surface area contributed by atoms with Gasteiger partial charge >= 0.3 is 0 Å². The molecule has 1 atom stereocenters. The molecule has 0 spiro atoms. The van der Waals surface area contributed by atoms with Gasteiger partial charge in [0.1, 0.15) is 0 Å². The zero-order valence-corrected chi connectivity index (χ0v) is 12.9. The Balaban J connectivity index is 2.38. The van der Waals surface area contributed by atoms with Gasteiger partial charge in [-0.25, -0.2) is 0 Å². The first kappa shape index (κ1) is 14.8. The van der Waals surface area contributed by atoms with Gasteiger partial charge in [0.15, 0.2) is 0 Å². The van der Waals surface area contributed by atoms with E-state index in [2.05, 4.69) is 48.4 Å². The fraction of sp³-hybridized carbons (Fsp3) is 0.600. The first-order valence-electron chi connectivity index (χ1n) is 7.49. The molecule has 0 aliphatic rings. The van der Waals surface area contributed by atoms with Crippen molar-refractivity contribution in [3.63, 3.8) is 0 Å². The van der Waals surface area contributed by atoms with E-state index in [4.69, 9.17) is 0 Å². The van der Waals surface area contributed by atoms with Gasteiger partial charge in [-0.3, -0.25) is 9.36 Å². The van der Waals surface area contributed by atoms with E-state index >= 15 is 0 Å². The molecule has 1 unspecified atom stereocenters. The molecule has 2 aromatic rings. The van der Waals surface area contributed by atoms with Gasteiger partial charge in [-0.1, -0.05) is 13.8 Å². The third-order valence-electron chi connectivity index (χ3n) is 3.57. The summed E-state index contributed by atoms with van der Waals surface area (Å²) in [5.41, 5.74) is 3.53. The second-order valence-electron chi connectivity index (χ2n) is 5.00. The standard InChI is InChI=1S/C15H25N5/c1-5-9-16-15(13-8-10-17-20(13)7-3)14-11-12(6-2)18-19(14)4/h8,10-11,15-16H,5-7,9H2,1-4H3. The van der Waals surface area contributed by atoms with Crippen LogP contribution in [-0.2, 0) is 20.0 Å². The van der Waals surface area contributed by atoms with E-state index < -0.39 is 0 Å². The molecule has 0 amide bonds. The normalized spacial score (nSPS) is 12.8. The highest BCUT2D eigenvalue weighted by atomic mass is 15.3. The van der Waals surface area contributed by atoms with Crippen molar-refractivity contribution in [3.8, 4) is 0 Å². The highest BCUT2D eigenvalue weighted by Gasteiger charge is 2.21. The molecule has 0 aliphatic carbocycles. The largest absolute Gasteiger partial charge is 0.304 e. The Morgan fingerprint density at radius 3 is 2.65 bits per heavy atom. The molecule has 0 fully saturated rings. The molecule has 0 aromatic carbocycles. The van der Waals surface area contributed by atoms with E-state index in [-0.39, 0.29) is 6.04 Å². The Morgan fingerprint density at radius 1 is 1.25 bits per heavy atom. The second-order valence-corrected chi connectivity index (χ2v) is 5.00. The maximum absolute atomic E-state index is 4.57. The summed E-state index contributed by atoms with van der Waals surface area (Å²) in [6.45, 7) is 8.30. The summed E-state index contributed by atoms with van der Waals surface area (Å²) in [4.78, 5) is 0. The Hall–Kier alpha value is -1.62. The van der Waals surface area contributed by atoms with Crippen LogP contribution in [0.25, 0.3) is 0 Å². The predicted octanol–water partition coefficient (Wildman–Crippen LogP) is 2.29. The van der Waals surface area contributed by atoms with Crippen molar-refractivity contribution in [1.29, 1.82) is 0 Å². The number of nitrogens with one attached hydrogen (secondary N) is 1. The van der Waals surface area contributed by atoms with Crippen LogP contribution in [-0.4, -0.2) is 26.1 Å². The van der Waals surface area contributed by atoms with Crippen LogP contribution in [0.3, 0.4) is 0 Å². The van der Waals surface area contributed by atoms with Gasteiger partial charge in [0.05, 0.1) is 23.1 Å². The average Bonchev–Trinajstić information content (AvgIpc) is 3.06. The maximum atomic E-state index is 4.57. The average molecular weight is 275 g/mol. The summed E-state index contributed by atoms with van der Waals surface area (Å²) >= 11 is 0. The fourth-order valence-electron chi connectivity index (χ4n) is 2.49. The summed E-state index contributed by atoms with van der Waals surface area (Å²) in [6, 6.07) is 4.44. The minimum Gasteiger partial charge on any atom is -0.304 e. The van der Waals surface area contributed by atoms with Gasteiger partial charge in [-0.15, -0.1) is 0 Å². The number of aromatic nitrogens is 4. The maximum Gasteiger partial charge on any atom is 0.0918 e. The van der Waals surface area contributed by atoms with Gasteiger partial charge in [-0.2, -0.15) is 10.2 Å². The first-order valence-corrected chi connectivity index (χ1v) is 7.49. The van der Waals surface area contributed by atoms with Gasteiger partial charge < -0.3 is 5.32 Å². The number of hydrogen-bond donors (Lipinski definition) is 1. The quantitative estimate of drug-likeness (QED) is 0.843. The lowest BCUT2D eigenvalue weighted by molar-refractivity contribution is 0.503. The highest BCUT2D eigenvalue weighted by molar-refractivity contribution is 5.24. The lowest BCUT2D eigenvalue weighted by Gasteiger charge is -2.20. The molecule has 0 saturated carbocycles. The van der Waals surface area contributed by atoms with Crippen molar-refractivity contribution in [1.82, 2.24) is 24.9 Å². The van der Waals surface area contributed by atoms with E-state index in [0.29, 0.717) is 0 Å². The van der Waals surface area contributed by atoms with Crippen LogP contribution >= 0.6 is 0 Å². The van der Waals surface area contributed by atoms with E-state index in [9.17, 15) is 0 Å². The molecule has 2 heterocycles. The van der Waals surface area contributed by atoms with Gasteiger partial charge in [-0.05, 0) is 38.4 Å². The minimum atomic E-state index is 0.148. The molecule has 0 saturated heterocycles. The molecular weight excluding hydrogens is 250 g/mol. The van der Waals surface area contributed by atoms with Crippen LogP contribution in [0.4, 0.5) is 0 Å². The van der Waals surface area contributed by atoms with Gasteiger partial charge in [0.25, 0.3) is 0 Å². The number of nitrogens with zero attached hydrogens (tertiary/aromatic N) is 4. The smallest absolute Gasteiger partial charge is 0.0918 e. The molecule has 5 heteroatoms. The van der Waals surface area contributed by atoms with Crippen molar-refractivity contribution in [2.24, 2.45) is 7.05 Å². The molecule has 0 radical (unpaired) electrons. The zero-order valence-electron chi connectivity index (χ0n) is 12.9. The molecule has 2 aromatic heterocycles. The monoisotopic (exact) mass is 275 g/mol. The predicted molar refractivity (Wildman–Crippen MR) is 80.6 cm³/mol. The van der Waals surface area contributed by atoms with Crippen LogP contribution in [0, 0.1) is 0 Å². The van der Waals surface area contributed by atoms with Crippen molar-refractivity contribution in [2.75, 3.05) is 6.54 Å². The third-order valence-corrected chi connectivity index (χ3v) is 3.57. The number of hydrogen-bond acceptors (Lipinski definition) is 3. The molecule has 20 heavy (non-hydrogen) atoms. The Kier molecular flexibility index (Phi) is 4.95. The van der Waals surface area contributed by atoms with Gasteiger partial charge in [0.2, 0.25) is 0 Å². The van der Waals surface area contributed by atoms with E-state index in [0.717, 1.165) is 31.6 Å². The van der Waals surface area contributed by atoms with E-state index in [1.807, 2.05) is 22.6 Å². The molecule has 0 aliphatic heterocycles. The summed E-state index contributed by atoms with van der Waals surface area (Å²) in [6.07, 6.45) is 3.94. The molecule has 5 nitrogen and oxygen atoms in total. The summed E-state index contributed by atoms with van der Waals surface area (Å²) in [7, 11) is 2.02. The van der Waals surface area contributed by atoms with Crippen molar-refractivity contribution < 1.29 is 0 Å². The summed E-state index contributed by atoms with van der Waals surface area (Å²) in [5.74, 6) is 0. The van der Waals surface area contributed by atoms with Crippen molar-refractivity contribution in [3.05, 3.63) is 35.4 Å². The zero-order chi connectivity index (χ0) is 14.5. The second kappa shape index (κ2) is 6.70. The lowest BCUT2D eigenvalue weighted by atomic mass is 10.1. The SMILES string of the molecule is CCCNC(c1cc(CC)nn1C)c1ccnn1CC. The van der Waals surface area contributed by atoms with Crippen LogP contribution in [0.2, 0.25) is 0 Å². The molecular formula is C15H25N5.